The smallest absolute Gasteiger partial charge is 0.312 e. The monoisotopic (exact) mass is 262 g/mol. The second kappa shape index (κ2) is 4.45. The van der Waals surface area contributed by atoms with Gasteiger partial charge in [-0.15, -0.1) is 0 Å². The van der Waals surface area contributed by atoms with Crippen molar-refractivity contribution in [3.05, 3.63) is 32.3 Å². The van der Waals surface area contributed by atoms with Gasteiger partial charge < -0.3 is 10.1 Å². The van der Waals surface area contributed by atoms with Crippen molar-refractivity contribution in [3.63, 3.8) is 0 Å². The molecular weight excluding hydrogens is 255 g/mol. The van der Waals surface area contributed by atoms with Crippen molar-refractivity contribution >= 4 is 28.9 Å². The van der Waals surface area contributed by atoms with E-state index in [0.717, 1.165) is 0 Å². The van der Waals surface area contributed by atoms with Crippen LogP contribution in [0.1, 0.15) is 0 Å². The second-order valence-corrected chi connectivity index (χ2v) is 4.20. The van der Waals surface area contributed by atoms with Gasteiger partial charge in [0.25, 0.3) is 0 Å². The molecule has 1 fully saturated rings. The lowest BCUT2D eigenvalue weighted by Crippen LogP contribution is -2.50. The first-order valence-corrected chi connectivity index (χ1v) is 5.34. The van der Waals surface area contributed by atoms with Crippen molar-refractivity contribution in [3.8, 4) is 5.75 Å². The Morgan fingerprint density at radius 1 is 1.38 bits per heavy atom. The maximum absolute atomic E-state index is 10.8. The van der Waals surface area contributed by atoms with Gasteiger partial charge >= 0.3 is 5.69 Å². The van der Waals surface area contributed by atoms with Gasteiger partial charge in [0.1, 0.15) is 6.10 Å². The highest BCUT2D eigenvalue weighted by Crippen LogP contribution is 2.36. The minimum atomic E-state index is -0.538. The topological polar surface area (TPSA) is 64.4 Å². The summed E-state index contributed by atoms with van der Waals surface area (Å²) in [5.74, 6) is 0.158. The van der Waals surface area contributed by atoms with Crippen molar-refractivity contribution in [1.29, 1.82) is 0 Å². The highest BCUT2D eigenvalue weighted by atomic mass is 35.5. The fourth-order valence-corrected chi connectivity index (χ4v) is 1.59. The summed E-state index contributed by atoms with van der Waals surface area (Å²) in [5, 5.41) is 14.2. The normalized spacial score (nSPS) is 15.6. The van der Waals surface area contributed by atoms with Crippen LogP contribution < -0.4 is 10.1 Å². The third-order valence-electron chi connectivity index (χ3n) is 2.24. The number of nitro benzene ring substituents is 1. The minimum absolute atomic E-state index is 0.0454. The predicted molar refractivity (Wildman–Crippen MR) is 60.4 cm³/mol. The van der Waals surface area contributed by atoms with Crippen LogP contribution in [-0.4, -0.2) is 24.1 Å². The van der Waals surface area contributed by atoms with E-state index in [1.165, 1.54) is 12.1 Å². The van der Waals surface area contributed by atoms with Gasteiger partial charge in [0, 0.05) is 25.2 Å². The fourth-order valence-electron chi connectivity index (χ4n) is 1.28. The Bertz CT molecular complexity index is 435. The summed E-state index contributed by atoms with van der Waals surface area (Å²) >= 11 is 11.5. The van der Waals surface area contributed by atoms with Crippen LogP contribution in [0.15, 0.2) is 12.1 Å². The lowest BCUT2D eigenvalue weighted by molar-refractivity contribution is -0.386. The minimum Gasteiger partial charge on any atom is -0.481 e. The third-order valence-corrected chi connectivity index (χ3v) is 2.96. The number of nitrogens with zero attached hydrogens (tertiary/aromatic N) is 1. The fraction of sp³-hybridized carbons (Fsp3) is 0.333. The number of nitrogens with one attached hydrogen (secondary N) is 1. The van der Waals surface area contributed by atoms with Crippen LogP contribution >= 0.6 is 23.2 Å². The maximum atomic E-state index is 10.8. The first-order valence-electron chi connectivity index (χ1n) is 4.58. The predicted octanol–water partition coefficient (Wildman–Crippen LogP) is 2.25. The summed E-state index contributed by atoms with van der Waals surface area (Å²) in [4.78, 5) is 10.2. The van der Waals surface area contributed by atoms with Crippen LogP contribution in [0.2, 0.25) is 10.0 Å². The molecule has 86 valence electrons. The standard InChI is InChI=1S/C9H8Cl2N2O3/c10-6-1-8(13(14)15)9(2-7(6)11)16-5-3-12-4-5/h1-2,5,12H,3-4H2. The number of halogens is 2. The van der Waals surface area contributed by atoms with Gasteiger partial charge in [0.15, 0.2) is 5.75 Å². The van der Waals surface area contributed by atoms with Crippen molar-refractivity contribution in [2.45, 2.75) is 6.10 Å². The Labute approximate surface area is 101 Å². The molecule has 0 aromatic heterocycles. The molecule has 0 bridgehead atoms. The van der Waals surface area contributed by atoms with Gasteiger partial charge in [-0.05, 0) is 0 Å². The number of nitro groups is 1. The molecule has 0 atom stereocenters. The molecule has 1 aromatic carbocycles. The maximum Gasteiger partial charge on any atom is 0.312 e. The lowest BCUT2D eigenvalue weighted by Gasteiger charge is -2.27. The van der Waals surface area contributed by atoms with E-state index < -0.39 is 4.92 Å². The van der Waals surface area contributed by atoms with Crippen LogP contribution in [0, 0.1) is 10.1 Å². The molecule has 1 aliphatic rings. The molecule has 0 saturated carbocycles. The number of ether oxygens (including phenoxy) is 1. The SMILES string of the molecule is O=[N+]([O-])c1cc(Cl)c(Cl)cc1OC1CNC1. The van der Waals surface area contributed by atoms with Crippen LogP contribution in [0.25, 0.3) is 0 Å². The van der Waals surface area contributed by atoms with E-state index in [1.807, 2.05) is 0 Å². The Kier molecular flexibility index (Phi) is 3.18. The van der Waals surface area contributed by atoms with Crippen molar-refractivity contribution in [1.82, 2.24) is 5.32 Å². The lowest BCUT2D eigenvalue weighted by atomic mass is 10.2. The van der Waals surface area contributed by atoms with Crippen LogP contribution in [0.5, 0.6) is 5.75 Å². The molecule has 1 aliphatic heterocycles. The zero-order valence-corrected chi connectivity index (χ0v) is 9.59. The highest BCUT2D eigenvalue weighted by molar-refractivity contribution is 6.42. The largest absolute Gasteiger partial charge is 0.481 e. The molecule has 0 amide bonds. The molecule has 0 aliphatic carbocycles. The zero-order chi connectivity index (χ0) is 11.7. The molecule has 1 N–H and O–H groups in total. The number of hydrogen-bond acceptors (Lipinski definition) is 4. The van der Waals surface area contributed by atoms with Gasteiger partial charge in [0.2, 0.25) is 0 Å². The molecule has 0 radical (unpaired) electrons. The average molecular weight is 263 g/mol. The third kappa shape index (κ3) is 2.21. The van der Waals surface area contributed by atoms with Gasteiger partial charge in [-0.25, -0.2) is 0 Å². The number of hydrogen-bond donors (Lipinski definition) is 1. The quantitative estimate of drug-likeness (QED) is 0.671. The van der Waals surface area contributed by atoms with E-state index in [9.17, 15) is 10.1 Å². The Hall–Kier alpha value is -1.04. The summed E-state index contributed by atoms with van der Waals surface area (Å²) in [5.41, 5.74) is -0.165. The Morgan fingerprint density at radius 3 is 2.50 bits per heavy atom. The van der Waals surface area contributed by atoms with Crippen molar-refractivity contribution in [2.75, 3.05) is 13.1 Å². The summed E-state index contributed by atoms with van der Waals surface area (Å²) < 4.78 is 5.43. The zero-order valence-electron chi connectivity index (χ0n) is 8.07. The van der Waals surface area contributed by atoms with E-state index in [0.29, 0.717) is 13.1 Å². The molecule has 5 nitrogen and oxygen atoms in total. The first-order chi connectivity index (χ1) is 7.58. The van der Waals surface area contributed by atoms with E-state index in [2.05, 4.69) is 5.32 Å². The van der Waals surface area contributed by atoms with E-state index >= 15 is 0 Å². The van der Waals surface area contributed by atoms with Gasteiger partial charge in [0.05, 0.1) is 15.0 Å². The van der Waals surface area contributed by atoms with E-state index in [4.69, 9.17) is 27.9 Å². The van der Waals surface area contributed by atoms with Gasteiger partial charge in [-0.2, -0.15) is 0 Å². The first kappa shape index (κ1) is 11.4. The van der Waals surface area contributed by atoms with Crippen LogP contribution in [0.4, 0.5) is 5.69 Å². The van der Waals surface area contributed by atoms with E-state index in [1.54, 1.807) is 0 Å². The van der Waals surface area contributed by atoms with Gasteiger partial charge in [-0.1, -0.05) is 23.2 Å². The molecule has 1 saturated heterocycles. The van der Waals surface area contributed by atoms with Gasteiger partial charge in [-0.3, -0.25) is 10.1 Å². The molecule has 0 spiro atoms. The average Bonchev–Trinajstić information content (AvgIpc) is 2.16. The van der Waals surface area contributed by atoms with Crippen LogP contribution in [0.3, 0.4) is 0 Å². The summed E-state index contributed by atoms with van der Waals surface area (Å²) in [7, 11) is 0. The summed E-state index contributed by atoms with van der Waals surface area (Å²) in [6.45, 7) is 1.36. The molecular formula is C9H8Cl2N2O3. The molecule has 16 heavy (non-hydrogen) atoms. The number of rotatable bonds is 3. The van der Waals surface area contributed by atoms with E-state index in [-0.39, 0.29) is 27.6 Å². The summed E-state index contributed by atoms with van der Waals surface area (Å²) in [6, 6.07) is 2.58. The Balaban J connectivity index is 2.32. The Morgan fingerprint density at radius 2 is 2.00 bits per heavy atom. The molecule has 7 heteroatoms. The van der Waals surface area contributed by atoms with Crippen molar-refractivity contribution in [2.24, 2.45) is 0 Å². The second-order valence-electron chi connectivity index (χ2n) is 3.39. The molecule has 1 aromatic rings. The van der Waals surface area contributed by atoms with Crippen molar-refractivity contribution < 1.29 is 9.66 Å². The molecule has 1 heterocycles. The van der Waals surface area contributed by atoms with Crippen LogP contribution in [-0.2, 0) is 0 Å². The molecule has 2 rings (SSSR count). The number of benzene rings is 1. The highest BCUT2D eigenvalue weighted by Gasteiger charge is 2.24. The summed E-state index contributed by atoms with van der Waals surface area (Å²) in [6.07, 6.45) is -0.0454. The molecule has 0 unspecified atom stereocenters.